The highest BCUT2D eigenvalue weighted by molar-refractivity contribution is 7.88. The molecule has 2 aliphatic rings. The lowest BCUT2D eigenvalue weighted by molar-refractivity contribution is 0.0548. The fourth-order valence-electron chi connectivity index (χ4n) is 7.01. The molecule has 12 heteroatoms. The predicted octanol–water partition coefficient (Wildman–Crippen LogP) is 4.53. The van der Waals surface area contributed by atoms with E-state index >= 15 is 4.39 Å². The molecule has 5 aromatic rings. The number of fused-ring (bicyclic) bond motifs is 3. The highest BCUT2D eigenvalue weighted by Gasteiger charge is 2.32. The molecule has 2 aromatic carbocycles. The van der Waals surface area contributed by atoms with Gasteiger partial charge in [0.15, 0.2) is 0 Å². The third kappa shape index (κ3) is 5.04. The molecule has 0 aliphatic carbocycles. The molecule has 0 spiro atoms. The first-order chi connectivity index (χ1) is 21.2. The van der Waals surface area contributed by atoms with Crippen molar-refractivity contribution in [2.24, 2.45) is 13.0 Å². The van der Waals surface area contributed by atoms with Crippen molar-refractivity contribution in [2.75, 3.05) is 50.5 Å². The molecule has 5 heterocycles. The van der Waals surface area contributed by atoms with Crippen molar-refractivity contribution in [3.05, 3.63) is 71.8 Å². The number of piperazine rings is 1. The molecule has 2 aliphatic heterocycles. The average molecular weight is 618 g/mol. The van der Waals surface area contributed by atoms with Gasteiger partial charge in [-0.15, -0.1) is 5.10 Å². The summed E-state index contributed by atoms with van der Waals surface area (Å²) in [7, 11) is -1.36. The van der Waals surface area contributed by atoms with E-state index in [1.54, 1.807) is 10.7 Å². The molecule has 230 valence electrons. The minimum Gasteiger partial charge on any atom is -0.381 e. The quantitative estimate of drug-likeness (QED) is 0.276. The first-order valence-electron chi connectivity index (χ1n) is 15.0. The predicted molar refractivity (Wildman–Crippen MR) is 169 cm³/mol. The van der Waals surface area contributed by atoms with Gasteiger partial charge >= 0.3 is 0 Å². The van der Waals surface area contributed by atoms with E-state index in [-0.39, 0.29) is 17.8 Å². The van der Waals surface area contributed by atoms with Gasteiger partial charge in [-0.05, 0) is 56.0 Å². The number of anilines is 1. The van der Waals surface area contributed by atoms with Gasteiger partial charge in [-0.3, -0.25) is 4.98 Å². The summed E-state index contributed by atoms with van der Waals surface area (Å²) in [6.07, 6.45) is 4.76. The molecule has 1 atom stereocenters. The lowest BCUT2D eigenvalue weighted by Gasteiger charge is -2.35. The first kappa shape index (κ1) is 28.9. The maximum atomic E-state index is 15.7. The van der Waals surface area contributed by atoms with Gasteiger partial charge < -0.3 is 14.2 Å². The van der Waals surface area contributed by atoms with Gasteiger partial charge in [-0.1, -0.05) is 23.4 Å². The summed E-state index contributed by atoms with van der Waals surface area (Å²) in [6.45, 7) is 5.29. The van der Waals surface area contributed by atoms with Gasteiger partial charge in [0.2, 0.25) is 10.0 Å². The van der Waals surface area contributed by atoms with E-state index in [0.717, 1.165) is 57.4 Å². The standard InChI is InChI=1S/C32H36FN7O3S/c1-21-31(37(2)36-35-21)23-18-29-30(34-20-23)26-19-24(38-12-14-39(15-13-38)44(3,41)42)8-9-28(26)40(29)32(22-10-16-43-17-11-22)25-6-4-5-7-27(25)33/h4-9,18-20,22,32H,10-17H2,1-3H3/t32-/m0/s1. The molecule has 0 radical (unpaired) electrons. The van der Waals surface area contributed by atoms with E-state index < -0.39 is 10.0 Å². The summed E-state index contributed by atoms with van der Waals surface area (Å²) in [5.41, 5.74) is 6.97. The van der Waals surface area contributed by atoms with Gasteiger partial charge in [0.1, 0.15) is 5.82 Å². The lowest BCUT2D eigenvalue weighted by atomic mass is 9.86. The van der Waals surface area contributed by atoms with Crippen molar-refractivity contribution in [1.29, 1.82) is 0 Å². The second-order valence-electron chi connectivity index (χ2n) is 11.9. The maximum Gasteiger partial charge on any atom is 0.211 e. The average Bonchev–Trinajstić information content (AvgIpc) is 3.53. The summed E-state index contributed by atoms with van der Waals surface area (Å²) in [5.74, 6) is -0.0675. The number of hydrogen-bond donors (Lipinski definition) is 0. The summed E-state index contributed by atoms with van der Waals surface area (Å²) in [4.78, 5) is 7.25. The van der Waals surface area contributed by atoms with E-state index in [1.165, 1.54) is 16.6 Å². The van der Waals surface area contributed by atoms with Crippen molar-refractivity contribution in [2.45, 2.75) is 25.8 Å². The molecular weight excluding hydrogens is 581 g/mol. The van der Waals surface area contributed by atoms with E-state index in [4.69, 9.17) is 9.72 Å². The number of ether oxygens (including phenoxy) is 1. The normalized spacial score (nSPS) is 18.0. The zero-order chi connectivity index (χ0) is 30.6. The van der Waals surface area contributed by atoms with Crippen molar-refractivity contribution in [3.63, 3.8) is 0 Å². The topological polar surface area (TPSA) is 98.4 Å². The zero-order valence-corrected chi connectivity index (χ0v) is 26.0. The van der Waals surface area contributed by atoms with Crippen LogP contribution in [0, 0.1) is 18.7 Å². The number of halogens is 1. The molecule has 44 heavy (non-hydrogen) atoms. The second-order valence-corrected chi connectivity index (χ2v) is 13.9. The van der Waals surface area contributed by atoms with Gasteiger partial charge in [0, 0.05) is 74.8 Å². The van der Waals surface area contributed by atoms with Crippen LogP contribution in [0.25, 0.3) is 33.2 Å². The molecule has 2 fully saturated rings. The van der Waals surface area contributed by atoms with Gasteiger partial charge in [0.25, 0.3) is 0 Å². The van der Waals surface area contributed by atoms with E-state index in [0.29, 0.717) is 45.0 Å². The van der Waals surface area contributed by atoms with Crippen molar-refractivity contribution in [1.82, 2.24) is 28.9 Å². The van der Waals surface area contributed by atoms with Gasteiger partial charge in [0.05, 0.1) is 40.2 Å². The minimum absolute atomic E-state index is 0.159. The summed E-state index contributed by atoms with van der Waals surface area (Å²) in [5, 5.41) is 9.44. The molecule has 0 N–H and O–H groups in total. The fourth-order valence-corrected chi connectivity index (χ4v) is 7.83. The third-order valence-electron chi connectivity index (χ3n) is 9.18. The SMILES string of the molecule is Cc1nnn(C)c1-c1cnc2c3cc(N4CCN(S(C)(=O)=O)CC4)ccc3n([C@H](c3ccccc3F)C3CCOCC3)c2c1. The molecule has 2 saturated heterocycles. The Hall–Kier alpha value is -3.87. The largest absolute Gasteiger partial charge is 0.381 e. The summed E-state index contributed by atoms with van der Waals surface area (Å²) >= 11 is 0. The van der Waals surface area contributed by atoms with Crippen LogP contribution in [0.1, 0.15) is 30.1 Å². The molecule has 3 aromatic heterocycles. The second kappa shape index (κ2) is 11.2. The van der Waals surface area contributed by atoms with Crippen molar-refractivity contribution in [3.8, 4) is 11.3 Å². The van der Waals surface area contributed by atoms with E-state index in [2.05, 4.69) is 44.0 Å². The van der Waals surface area contributed by atoms with E-state index in [9.17, 15) is 8.42 Å². The van der Waals surface area contributed by atoms with Crippen LogP contribution in [-0.4, -0.2) is 82.9 Å². The van der Waals surface area contributed by atoms with Crippen LogP contribution in [-0.2, 0) is 21.8 Å². The molecule has 0 unspecified atom stereocenters. The number of sulfonamides is 1. The Balaban J connectivity index is 1.44. The Morgan fingerprint density at radius 1 is 1.00 bits per heavy atom. The molecule has 10 nitrogen and oxygen atoms in total. The molecular formula is C32H36FN7O3S. The molecule has 0 amide bonds. The van der Waals surface area contributed by atoms with Crippen LogP contribution in [0.2, 0.25) is 0 Å². The van der Waals surface area contributed by atoms with E-state index in [1.807, 2.05) is 32.3 Å². The Morgan fingerprint density at radius 2 is 1.75 bits per heavy atom. The zero-order valence-electron chi connectivity index (χ0n) is 25.1. The van der Waals surface area contributed by atoms with Crippen LogP contribution in [0.3, 0.4) is 0 Å². The molecule has 7 rings (SSSR count). The first-order valence-corrected chi connectivity index (χ1v) is 16.9. The number of hydrogen-bond acceptors (Lipinski definition) is 7. The highest BCUT2D eigenvalue weighted by atomic mass is 32.2. The lowest BCUT2D eigenvalue weighted by Crippen LogP contribution is -2.48. The minimum atomic E-state index is -3.23. The monoisotopic (exact) mass is 617 g/mol. The fraction of sp³-hybridized carbons (Fsp3) is 0.406. The van der Waals surface area contributed by atoms with Crippen LogP contribution in [0.5, 0.6) is 0 Å². The van der Waals surface area contributed by atoms with Crippen LogP contribution in [0.4, 0.5) is 10.1 Å². The Labute approximate surface area is 256 Å². The number of pyridine rings is 1. The summed E-state index contributed by atoms with van der Waals surface area (Å²) < 4.78 is 51.2. The van der Waals surface area contributed by atoms with Crippen molar-refractivity contribution >= 4 is 37.6 Å². The number of aryl methyl sites for hydroxylation is 2. The number of benzene rings is 2. The molecule has 0 bridgehead atoms. The Bertz CT molecular complexity index is 1940. The smallest absolute Gasteiger partial charge is 0.211 e. The third-order valence-corrected chi connectivity index (χ3v) is 10.5. The van der Waals surface area contributed by atoms with Gasteiger partial charge in [-0.25, -0.2) is 17.5 Å². The Kier molecular flexibility index (Phi) is 7.38. The maximum absolute atomic E-state index is 15.7. The van der Waals surface area contributed by atoms with Crippen LogP contribution in [0.15, 0.2) is 54.7 Å². The van der Waals surface area contributed by atoms with Gasteiger partial charge in [-0.2, -0.15) is 4.31 Å². The Morgan fingerprint density at radius 3 is 2.43 bits per heavy atom. The number of rotatable bonds is 6. The number of aromatic nitrogens is 5. The number of nitrogens with zero attached hydrogens (tertiary/aromatic N) is 7. The van der Waals surface area contributed by atoms with Crippen LogP contribution < -0.4 is 4.90 Å². The van der Waals surface area contributed by atoms with Crippen LogP contribution >= 0.6 is 0 Å². The summed E-state index contributed by atoms with van der Waals surface area (Å²) in [6, 6.07) is 15.3. The van der Waals surface area contributed by atoms with Crippen molar-refractivity contribution < 1.29 is 17.5 Å². The highest BCUT2D eigenvalue weighted by Crippen LogP contribution is 2.42. The molecule has 0 saturated carbocycles.